The van der Waals surface area contributed by atoms with Crippen LogP contribution in [0.1, 0.15) is 30.0 Å². The number of nitrogens with zero attached hydrogens (tertiary/aromatic N) is 4. The Hall–Kier alpha value is -3.59. The first-order valence-electron chi connectivity index (χ1n) is 11.5. The summed E-state index contributed by atoms with van der Waals surface area (Å²) in [7, 11) is 3.30. The van der Waals surface area contributed by atoms with Gasteiger partial charge < -0.3 is 14.6 Å². The third kappa shape index (κ3) is 4.43. The minimum absolute atomic E-state index is 0.0870. The quantitative estimate of drug-likeness (QED) is 0.395. The molecule has 2 amide bonds. The molecule has 1 N–H and O–H groups in total. The van der Waals surface area contributed by atoms with Crippen LogP contribution in [0.25, 0.3) is 11.4 Å². The summed E-state index contributed by atoms with van der Waals surface area (Å²) in [6.07, 6.45) is 1.82. The van der Waals surface area contributed by atoms with Crippen molar-refractivity contribution in [3.63, 3.8) is 0 Å². The molecule has 1 aliphatic heterocycles. The summed E-state index contributed by atoms with van der Waals surface area (Å²) < 4.78 is 7.14. The summed E-state index contributed by atoms with van der Waals surface area (Å²) in [4.78, 5) is 28.0. The van der Waals surface area contributed by atoms with Crippen LogP contribution in [0.3, 0.4) is 0 Å². The number of nitrogens with one attached hydrogen (secondary N) is 1. The molecule has 0 saturated heterocycles. The van der Waals surface area contributed by atoms with Gasteiger partial charge in [-0.1, -0.05) is 66.4 Å². The molecule has 2 aromatic carbocycles. The number of hydrogen-bond donors (Lipinski definition) is 1. The Balaban J connectivity index is 1.52. The molecule has 2 heterocycles. The van der Waals surface area contributed by atoms with Gasteiger partial charge in [0.2, 0.25) is 0 Å². The van der Waals surface area contributed by atoms with Crippen LogP contribution >= 0.6 is 11.8 Å². The Morgan fingerprint density at radius 1 is 1.11 bits per heavy atom. The fraction of sp³-hybridized carbons (Fsp3) is 0.308. The molecule has 1 atom stereocenters. The number of aryl methyl sites for hydroxylation is 1. The van der Waals surface area contributed by atoms with Gasteiger partial charge in [0.15, 0.2) is 11.0 Å². The molecule has 1 saturated carbocycles. The average molecular weight is 490 g/mol. The highest BCUT2D eigenvalue weighted by Crippen LogP contribution is 2.40. The van der Waals surface area contributed by atoms with Crippen molar-refractivity contribution in [3.8, 4) is 11.4 Å². The summed E-state index contributed by atoms with van der Waals surface area (Å²) in [5.41, 5.74) is 4.09. The van der Waals surface area contributed by atoms with Gasteiger partial charge in [0.1, 0.15) is 0 Å². The summed E-state index contributed by atoms with van der Waals surface area (Å²) in [6, 6.07) is 16.9. The zero-order valence-corrected chi connectivity index (χ0v) is 20.7. The van der Waals surface area contributed by atoms with Gasteiger partial charge in [-0.25, -0.2) is 9.59 Å². The lowest BCUT2D eigenvalue weighted by atomic mass is 9.95. The number of amides is 2. The number of esters is 1. The molecular weight excluding hydrogens is 462 g/mol. The van der Waals surface area contributed by atoms with Crippen LogP contribution in [0.5, 0.6) is 0 Å². The molecule has 8 nitrogen and oxygen atoms in total. The molecule has 180 valence electrons. The average Bonchev–Trinajstić information content (AvgIpc) is 3.65. The molecule has 2 aliphatic rings. The van der Waals surface area contributed by atoms with Crippen molar-refractivity contribution < 1.29 is 14.3 Å². The van der Waals surface area contributed by atoms with Gasteiger partial charge in [0.05, 0.1) is 18.7 Å². The van der Waals surface area contributed by atoms with Gasteiger partial charge in [0, 0.05) is 30.1 Å². The van der Waals surface area contributed by atoms with E-state index in [9.17, 15) is 9.59 Å². The normalized spacial score (nSPS) is 18.0. The van der Waals surface area contributed by atoms with Gasteiger partial charge in [0.25, 0.3) is 0 Å². The van der Waals surface area contributed by atoms with Crippen LogP contribution in [0.4, 0.5) is 4.79 Å². The van der Waals surface area contributed by atoms with E-state index in [0.717, 1.165) is 35.4 Å². The number of carbonyl (C=O) groups excluding carboxylic acids is 2. The van der Waals surface area contributed by atoms with Crippen LogP contribution in [0.15, 0.2) is 71.0 Å². The molecule has 9 heteroatoms. The van der Waals surface area contributed by atoms with Crippen LogP contribution in [0.2, 0.25) is 0 Å². The lowest BCUT2D eigenvalue weighted by Gasteiger charge is -2.36. The molecule has 3 aromatic rings. The number of rotatable bonds is 7. The van der Waals surface area contributed by atoms with Crippen LogP contribution < -0.4 is 5.32 Å². The largest absolute Gasteiger partial charge is 0.466 e. The Kier molecular flexibility index (Phi) is 6.34. The first kappa shape index (κ1) is 23.2. The van der Waals surface area contributed by atoms with Crippen LogP contribution in [-0.2, 0) is 16.6 Å². The first-order chi connectivity index (χ1) is 17.0. The maximum atomic E-state index is 13.2. The minimum Gasteiger partial charge on any atom is -0.466 e. The van der Waals surface area contributed by atoms with Crippen molar-refractivity contribution in [1.82, 2.24) is 25.0 Å². The summed E-state index contributed by atoms with van der Waals surface area (Å²) in [6.45, 7) is 2.04. The Morgan fingerprint density at radius 2 is 1.83 bits per heavy atom. The fourth-order valence-corrected chi connectivity index (χ4v) is 5.36. The number of ether oxygens (including phenoxy) is 1. The first-order valence-corrected chi connectivity index (χ1v) is 12.5. The predicted molar refractivity (Wildman–Crippen MR) is 134 cm³/mol. The van der Waals surface area contributed by atoms with Gasteiger partial charge in [-0.15, -0.1) is 10.2 Å². The van der Waals surface area contributed by atoms with E-state index in [-0.39, 0.29) is 12.1 Å². The van der Waals surface area contributed by atoms with E-state index in [1.54, 1.807) is 4.90 Å². The summed E-state index contributed by atoms with van der Waals surface area (Å²) in [5.74, 6) is 0.714. The van der Waals surface area contributed by atoms with Crippen molar-refractivity contribution in [2.75, 3.05) is 12.9 Å². The van der Waals surface area contributed by atoms with E-state index < -0.39 is 12.0 Å². The highest BCUT2D eigenvalue weighted by atomic mass is 32.2. The van der Waals surface area contributed by atoms with E-state index in [0.29, 0.717) is 22.2 Å². The maximum absolute atomic E-state index is 13.2. The van der Waals surface area contributed by atoms with Gasteiger partial charge in [-0.05, 0) is 30.9 Å². The highest BCUT2D eigenvalue weighted by molar-refractivity contribution is 7.99. The monoisotopic (exact) mass is 489 g/mol. The van der Waals surface area contributed by atoms with Crippen molar-refractivity contribution >= 4 is 23.8 Å². The second kappa shape index (κ2) is 9.58. The molecule has 1 unspecified atom stereocenters. The Morgan fingerprint density at radius 3 is 2.51 bits per heavy atom. The summed E-state index contributed by atoms with van der Waals surface area (Å²) in [5, 5.41) is 12.6. The van der Waals surface area contributed by atoms with E-state index in [4.69, 9.17) is 4.74 Å². The molecule has 0 spiro atoms. The van der Waals surface area contributed by atoms with Crippen molar-refractivity contribution in [2.45, 2.75) is 37.0 Å². The van der Waals surface area contributed by atoms with E-state index in [2.05, 4.69) is 15.5 Å². The van der Waals surface area contributed by atoms with E-state index in [1.807, 2.05) is 73.1 Å². The van der Waals surface area contributed by atoms with Crippen molar-refractivity contribution in [1.29, 1.82) is 0 Å². The molecule has 0 radical (unpaired) electrons. The third-order valence-electron chi connectivity index (χ3n) is 6.39. The minimum atomic E-state index is -0.580. The number of urea groups is 1. The molecular formula is C26H27N5O3S. The topological polar surface area (TPSA) is 89.3 Å². The van der Waals surface area contributed by atoms with Crippen molar-refractivity contribution in [3.05, 3.63) is 77.0 Å². The van der Waals surface area contributed by atoms with Crippen molar-refractivity contribution in [2.24, 2.45) is 7.05 Å². The molecule has 1 aromatic heterocycles. The van der Waals surface area contributed by atoms with Crippen LogP contribution in [0, 0.1) is 6.92 Å². The second-order valence-electron chi connectivity index (χ2n) is 8.72. The van der Waals surface area contributed by atoms with E-state index >= 15 is 0 Å². The zero-order chi connectivity index (χ0) is 24.5. The van der Waals surface area contributed by atoms with E-state index in [1.165, 1.54) is 18.9 Å². The number of thioether (sulfide) groups is 1. The number of hydrogen-bond acceptors (Lipinski definition) is 6. The second-order valence-corrected chi connectivity index (χ2v) is 9.66. The lowest BCUT2D eigenvalue weighted by Crippen LogP contribution is -2.50. The Bertz CT molecular complexity index is 1300. The van der Waals surface area contributed by atoms with Crippen LogP contribution in [-0.4, -0.2) is 50.6 Å². The zero-order valence-electron chi connectivity index (χ0n) is 19.9. The molecule has 0 bridgehead atoms. The molecule has 1 aliphatic carbocycles. The fourth-order valence-electron chi connectivity index (χ4n) is 4.42. The number of carbonyl (C=O) groups is 2. The van der Waals surface area contributed by atoms with Gasteiger partial charge >= 0.3 is 12.0 Å². The summed E-state index contributed by atoms with van der Waals surface area (Å²) >= 11 is 1.46. The highest BCUT2D eigenvalue weighted by Gasteiger charge is 2.44. The standard InChI is InChI=1S/C26H27N5O3S/c1-16-9-7-8-12-19(16)23-28-29-26(30(23)2)35-15-20-21(24(32)34-3)22(17-10-5-4-6-11-17)27-25(33)31(20)18-13-14-18/h4-12,18,22H,13-15H2,1-3H3,(H,27,33). The van der Waals surface area contributed by atoms with Gasteiger partial charge in [-0.3, -0.25) is 4.90 Å². The maximum Gasteiger partial charge on any atom is 0.338 e. The number of methoxy groups -OCH3 is 1. The predicted octanol–water partition coefficient (Wildman–Crippen LogP) is 4.24. The molecule has 5 rings (SSSR count). The Labute approximate surface area is 208 Å². The number of benzene rings is 2. The SMILES string of the molecule is COC(=O)C1=C(CSc2nnc(-c3ccccc3C)n2C)N(C2CC2)C(=O)NC1c1ccccc1. The third-order valence-corrected chi connectivity index (χ3v) is 7.42. The molecule has 35 heavy (non-hydrogen) atoms. The lowest BCUT2D eigenvalue weighted by molar-refractivity contribution is -0.136. The van der Waals surface area contributed by atoms with Gasteiger partial charge in [-0.2, -0.15) is 0 Å². The number of aromatic nitrogens is 3. The molecule has 1 fully saturated rings. The smallest absolute Gasteiger partial charge is 0.338 e.